The lowest BCUT2D eigenvalue weighted by Gasteiger charge is -2.13. The molecular weight excluding hydrogens is 214 g/mol. The molecule has 0 radical (unpaired) electrons. The molecule has 2 aromatic rings. The Bertz CT molecular complexity index is 451. The molecule has 0 aliphatic heterocycles. The normalized spacial score (nSPS) is 10.5. The summed E-state index contributed by atoms with van der Waals surface area (Å²) in [6.07, 6.45) is 3.76. The van der Waals surface area contributed by atoms with E-state index in [1.807, 2.05) is 44.3 Å². The predicted octanol–water partition coefficient (Wildman–Crippen LogP) is 2.81. The Labute approximate surface area is 101 Å². The van der Waals surface area contributed by atoms with E-state index in [-0.39, 0.29) is 6.10 Å². The molecule has 17 heavy (non-hydrogen) atoms. The second-order valence-electron chi connectivity index (χ2n) is 4.07. The molecule has 0 bridgehead atoms. The molecule has 0 atom stereocenters. The first kappa shape index (κ1) is 11.5. The molecule has 90 valence electrons. The van der Waals surface area contributed by atoms with Gasteiger partial charge in [-0.15, -0.1) is 0 Å². The van der Waals surface area contributed by atoms with E-state index in [1.165, 1.54) is 0 Å². The van der Waals surface area contributed by atoms with E-state index in [0.717, 1.165) is 17.9 Å². The van der Waals surface area contributed by atoms with Gasteiger partial charge in [0.1, 0.15) is 0 Å². The van der Waals surface area contributed by atoms with Crippen molar-refractivity contribution in [1.82, 2.24) is 9.97 Å². The number of aromatic amines is 1. The van der Waals surface area contributed by atoms with E-state index in [4.69, 9.17) is 4.74 Å². The van der Waals surface area contributed by atoms with Crippen LogP contribution in [0, 0.1) is 0 Å². The van der Waals surface area contributed by atoms with Gasteiger partial charge < -0.3 is 15.0 Å². The van der Waals surface area contributed by atoms with Gasteiger partial charge in [0, 0.05) is 18.1 Å². The van der Waals surface area contributed by atoms with E-state index >= 15 is 0 Å². The Hall–Kier alpha value is -1.97. The third kappa shape index (κ3) is 3.24. The van der Waals surface area contributed by atoms with Gasteiger partial charge >= 0.3 is 0 Å². The van der Waals surface area contributed by atoms with Crippen LogP contribution < -0.4 is 10.1 Å². The summed E-state index contributed by atoms with van der Waals surface area (Å²) in [7, 11) is 0. The highest BCUT2D eigenvalue weighted by molar-refractivity contribution is 5.52. The van der Waals surface area contributed by atoms with Gasteiger partial charge in [-0.05, 0) is 38.1 Å². The largest absolute Gasteiger partial charge is 0.473 e. The van der Waals surface area contributed by atoms with Crippen molar-refractivity contribution in [2.45, 2.75) is 26.5 Å². The fraction of sp³-hybridized carbons (Fsp3) is 0.308. The van der Waals surface area contributed by atoms with Gasteiger partial charge in [0.15, 0.2) is 0 Å². The van der Waals surface area contributed by atoms with E-state index in [2.05, 4.69) is 15.3 Å². The number of aromatic nitrogens is 2. The van der Waals surface area contributed by atoms with Crippen molar-refractivity contribution < 1.29 is 4.74 Å². The minimum Gasteiger partial charge on any atom is -0.473 e. The smallest absolute Gasteiger partial charge is 0.237 e. The van der Waals surface area contributed by atoms with Crippen molar-refractivity contribution in [2.24, 2.45) is 0 Å². The van der Waals surface area contributed by atoms with Crippen molar-refractivity contribution in [1.29, 1.82) is 0 Å². The Kier molecular flexibility index (Phi) is 3.65. The third-order valence-electron chi connectivity index (χ3n) is 2.25. The summed E-state index contributed by atoms with van der Waals surface area (Å²) in [4.78, 5) is 7.37. The first-order valence-electron chi connectivity index (χ1n) is 5.73. The van der Waals surface area contributed by atoms with Crippen LogP contribution in [0.1, 0.15) is 19.5 Å². The van der Waals surface area contributed by atoms with Crippen LogP contribution in [-0.4, -0.2) is 16.1 Å². The van der Waals surface area contributed by atoms with Crippen LogP contribution in [0.25, 0.3) is 0 Å². The van der Waals surface area contributed by atoms with Crippen LogP contribution in [0.2, 0.25) is 0 Å². The molecule has 2 N–H and O–H groups in total. The number of nitrogens with zero attached hydrogens (tertiary/aromatic N) is 1. The fourth-order valence-electron chi connectivity index (χ4n) is 1.51. The molecule has 2 rings (SSSR count). The maximum atomic E-state index is 5.63. The molecule has 4 nitrogen and oxygen atoms in total. The quantitative estimate of drug-likeness (QED) is 0.832. The van der Waals surface area contributed by atoms with Gasteiger partial charge in [-0.1, -0.05) is 0 Å². The molecular formula is C13H17N3O. The first-order valence-corrected chi connectivity index (χ1v) is 5.73. The summed E-state index contributed by atoms with van der Waals surface area (Å²) in [6.45, 7) is 4.71. The maximum absolute atomic E-state index is 5.63. The minimum atomic E-state index is 0.121. The molecule has 0 aliphatic rings. The minimum absolute atomic E-state index is 0.121. The van der Waals surface area contributed by atoms with E-state index in [0.29, 0.717) is 5.88 Å². The van der Waals surface area contributed by atoms with Crippen molar-refractivity contribution in [3.05, 3.63) is 42.4 Å². The Morgan fingerprint density at radius 3 is 2.94 bits per heavy atom. The lowest BCUT2D eigenvalue weighted by Crippen LogP contribution is -2.10. The molecule has 0 amide bonds. The van der Waals surface area contributed by atoms with Gasteiger partial charge in [-0.3, -0.25) is 0 Å². The molecule has 0 saturated heterocycles. The number of rotatable bonds is 5. The second-order valence-corrected chi connectivity index (χ2v) is 4.07. The average molecular weight is 231 g/mol. The number of H-pyrrole nitrogens is 1. The molecule has 0 aliphatic carbocycles. The maximum Gasteiger partial charge on any atom is 0.237 e. The van der Waals surface area contributed by atoms with Crippen LogP contribution in [0.5, 0.6) is 5.88 Å². The summed E-state index contributed by atoms with van der Waals surface area (Å²) in [6, 6.07) is 7.87. The summed E-state index contributed by atoms with van der Waals surface area (Å²) in [5, 5.41) is 3.30. The van der Waals surface area contributed by atoms with E-state index < -0.39 is 0 Å². The molecule has 4 heteroatoms. The number of nitrogens with one attached hydrogen (secondary N) is 2. The van der Waals surface area contributed by atoms with Gasteiger partial charge in [-0.25, -0.2) is 4.98 Å². The number of anilines is 1. The number of hydrogen-bond acceptors (Lipinski definition) is 3. The van der Waals surface area contributed by atoms with Gasteiger partial charge in [0.05, 0.1) is 18.3 Å². The Balaban J connectivity index is 2.04. The average Bonchev–Trinajstić information content (AvgIpc) is 2.80. The molecule has 0 fully saturated rings. The number of pyridine rings is 1. The molecule has 2 aromatic heterocycles. The topological polar surface area (TPSA) is 49.9 Å². The van der Waals surface area contributed by atoms with E-state index in [1.54, 1.807) is 6.20 Å². The SMILES string of the molecule is CC(C)Oc1ncccc1NCc1ccc[nH]1. The van der Waals surface area contributed by atoms with Crippen LogP contribution in [0.3, 0.4) is 0 Å². The summed E-state index contributed by atoms with van der Waals surface area (Å²) in [5.41, 5.74) is 2.04. The lowest BCUT2D eigenvalue weighted by atomic mass is 10.3. The standard InChI is InChI=1S/C13H17N3O/c1-10(2)17-13-12(6-4-8-15-13)16-9-11-5-3-7-14-11/h3-8,10,14,16H,9H2,1-2H3. The van der Waals surface area contributed by atoms with Crippen LogP contribution in [0.4, 0.5) is 5.69 Å². The predicted molar refractivity (Wildman–Crippen MR) is 68.1 cm³/mol. The monoisotopic (exact) mass is 231 g/mol. The molecule has 2 heterocycles. The molecule has 0 unspecified atom stereocenters. The summed E-state index contributed by atoms with van der Waals surface area (Å²) >= 11 is 0. The zero-order valence-corrected chi connectivity index (χ0v) is 10.1. The highest BCUT2D eigenvalue weighted by atomic mass is 16.5. The summed E-state index contributed by atoms with van der Waals surface area (Å²) < 4.78 is 5.63. The first-order chi connectivity index (χ1) is 8.25. The van der Waals surface area contributed by atoms with Crippen LogP contribution in [-0.2, 0) is 6.54 Å². The number of ether oxygens (including phenoxy) is 1. The Morgan fingerprint density at radius 2 is 2.24 bits per heavy atom. The second kappa shape index (κ2) is 5.39. The fourth-order valence-corrected chi connectivity index (χ4v) is 1.51. The Morgan fingerprint density at radius 1 is 1.35 bits per heavy atom. The van der Waals surface area contributed by atoms with Gasteiger partial charge in [0.25, 0.3) is 0 Å². The zero-order chi connectivity index (χ0) is 12.1. The molecule has 0 aromatic carbocycles. The molecule has 0 spiro atoms. The van der Waals surface area contributed by atoms with Crippen molar-refractivity contribution >= 4 is 5.69 Å². The van der Waals surface area contributed by atoms with Gasteiger partial charge in [0.2, 0.25) is 5.88 Å². The number of hydrogen-bond donors (Lipinski definition) is 2. The van der Waals surface area contributed by atoms with Crippen molar-refractivity contribution in [3.63, 3.8) is 0 Å². The van der Waals surface area contributed by atoms with Gasteiger partial charge in [-0.2, -0.15) is 0 Å². The highest BCUT2D eigenvalue weighted by Gasteiger charge is 2.06. The zero-order valence-electron chi connectivity index (χ0n) is 10.1. The highest BCUT2D eigenvalue weighted by Crippen LogP contribution is 2.22. The molecule has 0 saturated carbocycles. The summed E-state index contributed by atoms with van der Waals surface area (Å²) in [5.74, 6) is 0.647. The third-order valence-corrected chi connectivity index (χ3v) is 2.25. The van der Waals surface area contributed by atoms with Crippen molar-refractivity contribution in [3.8, 4) is 5.88 Å². The van der Waals surface area contributed by atoms with Crippen LogP contribution in [0.15, 0.2) is 36.7 Å². The lowest BCUT2D eigenvalue weighted by molar-refractivity contribution is 0.234. The van der Waals surface area contributed by atoms with Crippen molar-refractivity contribution in [2.75, 3.05) is 5.32 Å². The van der Waals surface area contributed by atoms with Crippen LogP contribution >= 0.6 is 0 Å². The van der Waals surface area contributed by atoms with E-state index in [9.17, 15) is 0 Å².